The fourth-order valence-electron chi connectivity index (χ4n) is 5.25. The molecule has 2 aliphatic rings. The van der Waals surface area contributed by atoms with Gasteiger partial charge in [0.25, 0.3) is 5.91 Å². The summed E-state index contributed by atoms with van der Waals surface area (Å²) in [5.41, 5.74) is 5.24. The minimum atomic E-state index is -0.420. The number of fused-ring (bicyclic) bond motifs is 1. The second-order valence-electron chi connectivity index (χ2n) is 10.3. The second-order valence-corrected chi connectivity index (χ2v) is 10.3. The Labute approximate surface area is 217 Å². The highest BCUT2D eigenvalue weighted by Crippen LogP contribution is 2.32. The number of hydroxylamine groups is 1. The average Bonchev–Trinajstić information content (AvgIpc) is 3.72. The largest absolute Gasteiger partial charge is 0.489 e. The van der Waals surface area contributed by atoms with Gasteiger partial charge < -0.3 is 15.0 Å². The first kappa shape index (κ1) is 25.2. The molecule has 3 aromatic rings. The highest BCUT2D eigenvalue weighted by atomic mass is 16.5. The van der Waals surface area contributed by atoms with Crippen molar-refractivity contribution in [3.8, 4) is 5.75 Å². The number of nitrogens with zero attached hydrogens (tertiary/aromatic N) is 2. The van der Waals surface area contributed by atoms with Gasteiger partial charge in [-0.1, -0.05) is 18.2 Å². The number of piperidine rings is 1. The number of aromatic nitrogens is 1. The van der Waals surface area contributed by atoms with E-state index in [0.717, 1.165) is 54.1 Å². The maximum atomic E-state index is 13.0. The molecule has 1 aliphatic heterocycles. The number of benzene rings is 2. The van der Waals surface area contributed by atoms with E-state index >= 15 is 0 Å². The molecular formula is C29H34N4O4. The summed E-state index contributed by atoms with van der Waals surface area (Å²) in [6, 6.07) is 17.1. The zero-order valence-electron chi connectivity index (χ0n) is 21.2. The van der Waals surface area contributed by atoms with Crippen LogP contribution in [0.25, 0.3) is 10.9 Å². The summed E-state index contributed by atoms with van der Waals surface area (Å²) in [5, 5.41) is 13.2. The highest BCUT2D eigenvalue weighted by Gasteiger charge is 2.34. The third-order valence-corrected chi connectivity index (χ3v) is 7.36. The molecule has 0 spiro atoms. The van der Waals surface area contributed by atoms with Crippen LogP contribution in [0.5, 0.6) is 5.75 Å². The molecule has 37 heavy (non-hydrogen) atoms. The summed E-state index contributed by atoms with van der Waals surface area (Å²) in [7, 11) is 0. The van der Waals surface area contributed by atoms with Crippen molar-refractivity contribution in [2.45, 2.75) is 45.3 Å². The fraction of sp³-hybridized carbons (Fsp3) is 0.414. The molecule has 1 saturated heterocycles. The Morgan fingerprint density at radius 1 is 1.11 bits per heavy atom. The van der Waals surface area contributed by atoms with Crippen molar-refractivity contribution in [1.82, 2.24) is 20.7 Å². The first-order chi connectivity index (χ1) is 18.0. The molecule has 1 aliphatic carbocycles. The predicted octanol–water partition coefficient (Wildman–Crippen LogP) is 3.85. The first-order valence-corrected chi connectivity index (χ1v) is 13.0. The van der Waals surface area contributed by atoms with Crippen molar-refractivity contribution in [2.24, 2.45) is 11.8 Å². The zero-order chi connectivity index (χ0) is 25.8. The van der Waals surface area contributed by atoms with Gasteiger partial charge in [-0.05, 0) is 68.5 Å². The molecule has 8 nitrogen and oxygen atoms in total. The number of carbonyl (C=O) groups excluding carboxylic acids is 2. The average molecular weight is 503 g/mol. The van der Waals surface area contributed by atoms with Crippen molar-refractivity contribution in [2.75, 3.05) is 19.6 Å². The SMILES string of the molecule is Cc1cc(COc2ccc(C(=O)N[C@@H]3CCN(CC4CC4)C[C@@H]3CC(=O)NO)cc2)c2ccccc2n1. The van der Waals surface area contributed by atoms with E-state index in [2.05, 4.69) is 15.2 Å². The number of pyridine rings is 1. The lowest BCUT2D eigenvalue weighted by atomic mass is 9.88. The quantitative estimate of drug-likeness (QED) is 0.303. The van der Waals surface area contributed by atoms with E-state index in [1.54, 1.807) is 29.7 Å². The summed E-state index contributed by atoms with van der Waals surface area (Å²) in [6.45, 7) is 5.07. The molecule has 0 unspecified atom stereocenters. The van der Waals surface area contributed by atoms with Crippen molar-refractivity contribution in [3.05, 3.63) is 71.4 Å². The molecule has 2 amide bonds. The maximum absolute atomic E-state index is 13.0. The van der Waals surface area contributed by atoms with E-state index in [1.807, 2.05) is 37.3 Å². The first-order valence-electron chi connectivity index (χ1n) is 13.0. The zero-order valence-corrected chi connectivity index (χ0v) is 21.2. The van der Waals surface area contributed by atoms with Crippen LogP contribution in [0.2, 0.25) is 0 Å². The van der Waals surface area contributed by atoms with Crippen molar-refractivity contribution < 1.29 is 19.5 Å². The Hall–Kier alpha value is -3.49. The Kier molecular flexibility index (Phi) is 7.67. The van der Waals surface area contributed by atoms with Gasteiger partial charge in [-0.15, -0.1) is 0 Å². The minimum absolute atomic E-state index is 0.0511. The second kappa shape index (κ2) is 11.3. The predicted molar refractivity (Wildman–Crippen MR) is 140 cm³/mol. The van der Waals surface area contributed by atoms with E-state index in [-0.39, 0.29) is 24.3 Å². The lowest BCUT2D eigenvalue weighted by Crippen LogP contribution is -2.52. The number of amides is 2. The minimum Gasteiger partial charge on any atom is -0.489 e. The summed E-state index contributed by atoms with van der Waals surface area (Å²) in [5.74, 6) is 0.805. The fourth-order valence-corrected chi connectivity index (χ4v) is 5.25. The third kappa shape index (κ3) is 6.45. The van der Waals surface area contributed by atoms with Gasteiger partial charge in [0.15, 0.2) is 0 Å². The number of aryl methyl sites for hydroxylation is 1. The van der Waals surface area contributed by atoms with Gasteiger partial charge in [0.1, 0.15) is 12.4 Å². The molecule has 2 heterocycles. The van der Waals surface area contributed by atoms with Crippen molar-refractivity contribution in [1.29, 1.82) is 0 Å². The summed E-state index contributed by atoms with van der Waals surface area (Å²) >= 11 is 0. The number of hydrogen-bond donors (Lipinski definition) is 3. The topological polar surface area (TPSA) is 104 Å². The van der Waals surface area contributed by atoms with Gasteiger partial charge in [-0.25, -0.2) is 5.48 Å². The standard InChI is InChI=1S/C29H34N4O4/c1-19-14-23(25-4-2-3-5-27(25)30-19)18-37-24-10-8-21(9-11-24)29(35)31-26-12-13-33(16-20-6-7-20)17-22(26)15-28(34)32-36/h2-5,8-11,14,20,22,26,36H,6-7,12-13,15-18H2,1H3,(H,31,35)(H,32,34)/t22-,26+/m0/s1. The number of nitrogens with one attached hydrogen (secondary N) is 2. The van der Waals surface area contributed by atoms with Crippen molar-refractivity contribution >= 4 is 22.7 Å². The molecule has 2 fully saturated rings. The van der Waals surface area contributed by atoms with Crippen LogP contribution in [0.3, 0.4) is 0 Å². The molecule has 1 saturated carbocycles. The van der Waals surface area contributed by atoms with Gasteiger partial charge in [-0.3, -0.25) is 19.8 Å². The third-order valence-electron chi connectivity index (χ3n) is 7.36. The Morgan fingerprint density at radius 2 is 1.89 bits per heavy atom. The lowest BCUT2D eigenvalue weighted by Gasteiger charge is -2.38. The molecule has 3 N–H and O–H groups in total. The van der Waals surface area contributed by atoms with Crippen LogP contribution in [0.15, 0.2) is 54.6 Å². The number of likely N-dealkylation sites (tertiary alicyclic amines) is 1. The molecule has 0 radical (unpaired) electrons. The molecule has 0 bridgehead atoms. The number of para-hydroxylation sites is 1. The number of rotatable bonds is 9. The smallest absolute Gasteiger partial charge is 0.251 e. The molecule has 194 valence electrons. The molecule has 8 heteroatoms. The van der Waals surface area contributed by atoms with Crippen LogP contribution < -0.4 is 15.5 Å². The lowest BCUT2D eigenvalue weighted by molar-refractivity contribution is -0.130. The molecule has 1 aromatic heterocycles. The van der Waals surface area contributed by atoms with Crippen molar-refractivity contribution in [3.63, 3.8) is 0 Å². The normalized spacial score (nSPS) is 19.9. The Balaban J connectivity index is 1.20. The van der Waals surface area contributed by atoms with Crippen LogP contribution >= 0.6 is 0 Å². The molecule has 2 atom stereocenters. The van der Waals surface area contributed by atoms with E-state index < -0.39 is 5.91 Å². The van der Waals surface area contributed by atoms with E-state index in [4.69, 9.17) is 9.94 Å². The van der Waals surface area contributed by atoms with Gasteiger partial charge in [0.05, 0.1) is 5.52 Å². The monoisotopic (exact) mass is 502 g/mol. The van der Waals surface area contributed by atoms with E-state index in [0.29, 0.717) is 17.9 Å². The van der Waals surface area contributed by atoms with Gasteiger partial charge in [-0.2, -0.15) is 0 Å². The Bertz CT molecular complexity index is 1260. The Morgan fingerprint density at radius 3 is 2.65 bits per heavy atom. The summed E-state index contributed by atoms with van der Waals surface area (Å²) in [6.07, 6.45) is 3.51. The van der Waals surface area contributed by atoms with Crippen LogP contribution in [-0.2, 0) is 11.4 Å². The van der Waals surface area contributed by atoms with Gasteiger partial charge in [0.2, 0.25) is 5.91 Å². The molecule has 5 rings (SSSR count). The van der Waals surface area contributed by atoms with Crippen LogP contribution in [0.4, 0.5) is 0 Å². The summed E-state index contributed by atoms with van der Waals surface area (Å²) < 4.78 is 6.03. The molecule has 2 aromatic carbocycles. The number of ether oxygens (including phenoxy) is 1. The van der Waals surface area contributed by atoms with Gasteiger partial charge in [0, 0.05) is 60.2 Å². The highest BCUT2D eigenvalue weighted by molar-refractivity contribution is 5.94. The van der Waals surface area contributed by atoms with Gasteiger partial charge >= 0.3 is 0 Å². The number of carbonyl (C=O) groups is 2. The molecular weight excluding hydrogens is 468 g/mol. The van der Waals surface area contributed by atoms with Crippen LogP contribution in [0, 0.1) is 18.8 Å². The maximum Gasteiger partial charge on any atom is 0.251 e. The van der Waals surface area contributed by atoms with Crippen LogP contribution in [-0.4, -0.2) is 52.6 Å². The van der Waals surface area contributed by atoms with Crippen LogP contribution in [0.1, 0.15) is 47.3 Å². The van der Waals surface area contributed by atoms with E-state index in [1.165, 1.54) is 12.8 Å². The summed E-state index contributed by atoms with van der Waals surface area (Å²) in [4.78, 5) is 31.9. The van der Waals surface area contributed by atoms with E-state index in [9.17, 15) is 9.59 Å². The number of hydrogen-bond acceptors (Lipinski definition) is 6.